The Bertz CT molecular complexity index is 3130. The van der Waals surface area contributed by atoms with Crippen molar-refractivity contribution < 1.29 is 4.42 Å². The first kappa shape index (κ1) is 28.0. The van der Waals surface area contributed by atoms with Gasteiger partial charge in [0.25, 0.3) is 0 Å². The molecule has 3 aromatic heterocycles. The molecule has 11 rings (SSSR count). The van der Waals surface area contributed by atoms with Crippen LogP contribution in [0.25, 0.3) is 99.2 Å². The molecule has 0 aliphatic heterocycles. The number of benzene rings is 8. The second-order valence-electron chi connectivity index (χ2n) is 13.3. The van der Waals surface area contributed by atoms with E-state index in [1.54, 1.807) is 0 Å². The average molecular weight is 651 g/mol. The number of fused-ring (bicyclic) bond motifs is 9. The molecule has 0 radical (unpaired) electrons. The van der Waals surface area contributed by atoms with Crippen molar-refractivity contribution in [3.8, 4) is 33.6 Å². The van der Waals surface area contributed by atoms with Gasteiger partial charge in [-0.15, -0.1) is 0 Å². The number of para-hydroxylation sites is 4. The smallest absolute Gasteiger partial charge is 0.137 e. The van der Waals surface area contributed by atoms with Crippen molar-refractivity contribution in [3.05, 3.63) is 182 Å². The summed E-state index contributed by atoms with van der Waals surface area (Å²) in [6.45, 7) is 0. The maximum absolute atomic E-state index is 6.39. The molecule has 0 fully saturated rings. The molecule has 51 heavy (non-hydrogen) atoms. The van der Waals surface area contributed by atoms with Crippen LogP contribution in [-0.2, 0) is 0 Å². The zero-order valence-electron chi connectivity index (χ0n) is 27.6. The van der Waals surface area contributed by atoms with Crippen molar-refractivity contribution in [2.24, 2.45) is 0 Å². The number of furan rings is 1. The molecule has 0 spiro atoms. The molecule has 238 valence electrons. The average Bonchev–Trinajstić information content (AvgIpc) is 3.85. The van der Waals surface area contributed by atoms with Crippen LogP contribution in [0.5, 0.6) is 0 Å². The van der Waals surface area contributed by atoms with E-state index in [4.69, 9.17) is 4.42 Å². The van der Waals surface area contributed by atoms with Crippen LogP contribution in [0.15, 0.2) is 186 Å². The van der Waals surface area contributed by atoms with E-state index < -0.39 is 0 Å². The van der Waals surface area contributed by atoms with E-state index >= 15 is 0 Å². The van der Waals surface area contributed by atoms with Crippen molar-refractivity contribution in [1.29, 1.82) is 0 Å². The molecule has 11 aromatic rings. The highest BCUT2D eigenvalue weighted by Crippen LogP contribution is 2.42. The topological polar surface area (TPSA) is 23.0 Å². The van der Waals surface area contributed by atoms with Gasteiger partial charge in [-0.1, -0.05) is 115 Å². The van der Waals surface area contributed by atoms with E-state index in [0.717, 1.165) is 33.1 Å². The van der Waals surface area contributed by atoms with Crippen LogP contribution in [0.3, 0.4) is 0 Å². The van der Waals surface area contributed by atoms with Gasteiger partial charge in [0.05, 0.1) is 22.1 Å². The van der Waals surface area contributed by atoms with Gasteiger partial charge < -0.3 is 13.6 Å². The molecule has 3 heterocycles. The summed E-state index contributed by atoms with van der Waals surface area (Å²) in [4.78, 5) is 0. The van der Waals surface area contributed by atoms with Crippen LogP contribution in [0.1, 0.15) is 0 Å². The number of rotatable bonds is 4. The maximum atomic E-state index is 6.39. The third-order valence-corrected chi connectivity index (χ3v) is 10.5. The molecule has 8 aromatic carbocycles. The zero-order valence-corrected chi connectivity index (χ0v) is 27.6. The second-order valence-corrected chi connectivity index (χ2v) is 13.3. The fourth-order valence-corrected chi connectivity index (χ4v) is 8.23. The summed E-state index contributed by atoms with van der Waals surface area (Å²) < 4.78 is 11.2. The molecule has 3 nitrogen and oxygen atoms in total. The van der Waals surface area contributed by atoms with Gasteiger partial charge in [0, 0.05) is 55.3 Å². The highest BCUT2D eigenvalue weighted by molar-refractivity contribution is 6.16. The highest BCUT2D eigenvalue weighted by atomic mass is 16.3. The lowest BCUT2D eigenvalue weighted by Gasteiger charge is -2.12. The summed E-state index contributed by atoms with van der Waals surface area (Å²) in [5.74, 6) is 0. The van der Waals surface area contributed by atoms with Crippen LogP contribution >= 0.6 is 0 Å². The predicted octanol–water partition coefficient (Wildman–Crippen LogP) is 13.1. The van der Waals surface area contributed by atoms with E-state index in [1.165, 1.54) is 66.0 Å². The Balaban J connectivity index is 1.16. The van der Waals surface area contributed by atoms with E-state index in [2.05, 4.69) is 179 Å². The molecule has 0 aliphatic carbocycles. The molecule has 0 aliphatic rings. The van der Waals surface area contributed by atoms with Gasteiger partial charge in [0.15, 0.2) is 0 Å². The molecule has 0 atom stereocenters. The van der Waals surface area contributed by atoms with Crippen LogP contribution < -0.4 is 0 Å². The Labute approximate surface area is 293 Å². The van der Waals surface area contributed by atoms with Crippen LogP contribution in [-0.4, -0.2) is 9.13 Å². The van der Waals surface area contributed by atoms with Gasteiger partial charge in [0.1, 0.15) is 11.2 Å². The second kappa shape index (κ2) is 10.8. The Morgan fingerprint density at radius 3 is 1.73 bits per heavy atom. The Morgan fingerprint density at radius 2 is 0.922 bits per heavy atom. The number of aromatic nitrogens is 2. The third-order valence-electron chi connectivity index (χ3n) is 10.5. The minimum Gasteiger partial charge on any atom is -0.456 e. The van der Waals surface area contributed by atoms with Gasteiger partial charge in [-0.2, -0.15) is 0 Å². The number of hydrogen-bond acceptors (Lipinski definition) is 1. The van der Waals surface area contributed by atoms with Crippen LogP contribution in [0.2, 0.25) is 0 Å². The molecule has 3 heteroatoms. The van der Waals surface area contributed by atoms with Crippen molar-refractivity contribution in [3.63, 3.8) is 0 Å². The van der Waals surface area contributed by atoms with Gasteiger partial charge in [-0.05, 0) is 77.4 Å². The summed E-state index contributed by atoms with van der Waals surface area (Å²) >= 11 is 0. The highest BCUT2D eigenvalue weighted by Gasteiger charge is 2.19. The molecule has 0 bridgehead atoms. The summed E-state index contributed by atoms with van der Waals surface area (Å²) in [6.07, 6.45) is 0. The Morgan fingerprint density at radius 1 is 0.314 bits per heavy atom. The largest absolute Gasteiger partial charge is 0.456 e. The monoisotopic (exact) mass is 650 g/mol. The molecule has 0 saturated heterocycles. The normalized spacial score (nSPS) is 11.9. The van der Waals surface area contributed by atoms with Crippen molar-refractivity contribution in [2.75, 3.05) is 0 Å². The van der Waals surface area contributed by atoms with Crippen molar-refractivity contribution >= 4 is 65.6 Å². The minimum atomic E-state index is 0.889. The first-order valence-corrected chi connectivity index (χ1v) is 17.4. The predicted molar refractivity (Wildman–Crippen MR) is 213 cm³/mol. The van der Waals surface area contributed by atoms with Gasteiger partial charge in [-0.3, -0.25) is 0 Å². The van der Waals surface area contributed by atoms with Crippen LogP contribution in [0, 0.1) is 0 Å². The van der Waals surface area contributed by atoms with Crippen LogP contribution in [0.4, 0.5) is 0 Å². The zero-order chi connectivity index (χ0) is 33.5. The van der Waals surface area contributed by atoms with E-state index in [1.807, 2.05) is 12.1 Å². The fourth-order valence-electron chi connectivity index (χ4n) is 8.23. The quantitative estimate of drug-likeness (QED) is 0.186. The Hall–Kier alpha value is -6.84. The fraction of sp³-hybridized carbons (Fsp3) is 0. The first-order chi connectivity index (χ1) is 25.3. The molecule has 0 N–H and O–H groups in total. The van der Waals surface area contributed by atoms with E-state index in [0.29, 0.717) is 0 Å². The molecule has 0 unspecified atom stereocenters. The molecule has 0 saturated carbocycles. The third kappa shape index (κ3) is 4.19. The van der Waals surface area contributed by atoms with E-state index in [-0.39, 0.29) is 0 Å². The Kier molecular flexibility index (Phi) is 5.96. The summed E-state index contributed by atoms with van der Waals surface area (Å²) in [5.41, 5.74) is 13.6. The first-order valence-electron chi connectivity index (χ1n) is 17.4. The minimum absolute atomic E-state index is 0.889. The SMILES string of the molecule is c1ccc(-c2cccc3c4cc(-c5ccc6c(c5)c5ccccc5n6-c5ccccc5)ccc4n(-c4ccc5c(c4)oc4ccccc45)c23)cc1. The maximum Gasteiger partial charge on any atom is 0.137 e. The van der Waals surface area contributed by atoms with Gasteiger partial charge >= 0.3 is 0 Å². The summed E-state index contributed by atoms with van der Waals surface area (Å²) in [6, 6.07) is 65.5. The lowest BCUT2D eigenvalue weighted by Crippen LogP contribution is -1.95. The number of nitrogens with zero attached hydrogens (tertiary/aromatic N) is 2. The number of hydrogen-bond donors (Lipinski definition) is 0. The molecular formula is C48H30N2O. The lowest BCUT2D eigenvalue weighted by atomic mass is 9.99. The van der Waals surface area contributed by atoms with E-state index in [9.17, 15) is 0 Å². The van der Waals surface area contributed by atoms with Crippen molar-refractivity contribution in [2.45, 2.75) is 0 Å². The summed E-state index contributed by atoms with van der Waals surface area (Å²) in [5, 5.41) is 7.21. The van der Waals surface area contributed by atoms with Gasteiger partial charge in [0.2, 0.25) is 0 Å². The standard InChI is InChI=1S/C48H30N2O/c1-3-12-31(13-4-1)36-18-11-19-40-42-29-33(32-22-26-44-41(28-32)37-16-7-9-20-43(37)49(44)34-14-5-2-6-15-34)23-27-45(42)50(48(36)40)35-24-25-39-38-17-8-10-21-46(38)51-47(39)30-35/h1-30H. The lowest BCUT2D eigenvalue weighted by molar-refractivity contribution is 0.668. The molecular weight excluding hydrogens is 621 g/mol. The molecule has 0 amide bonds. The van der Waals surface area contributed by atoms with Gasteiger partial charge in [-0.25, -0.2) is 0 Å². The van der Waals surface area contributed by atoms with Crippen molar-refractivity contribution in [1.82, 2.24) is 9.13 Å². The summed E-state index contributed by atoms with van der Waals surface area (Å²) in [7, 11) is 0.